The minimum atomic E-state index is -0.112. The Kier molecular flexibility index (Phi) is 4.06. The number of carbonyl (C=O) groups excluding carboxylic acids is 1. The van der Waals surface area contributed by atoms with Gasteiger partial charge in [-0.25, -0.2) is 0 Å². The van der Waals surface area contributed by atoms with Crippen LogP contribution in [0.4, 0.5) is 0 Å². The molecule has 2 rings (SSSR count). The first-order valence-corrected chi connectivity index (χ1v) is 5.42. The molecule has 2 aromatic carbocycles. The Labute approximate surface area is 95.5 Å². The number of hydrogen-bond donors (Lipinski definition) is 1. The van der Waals surface area contributed by atoms with Gasteiger partial charge in [-0.3, -0.25) is 4.79 Å². The molecule has 0 fully saturated rings. The summed E-state index contributed by atoms with van der Waals surface area (Å²) in [5.74, 6) is -0.0597. The van der Waals surface area contributed by atoms with Crippen molar-refractivity contribution >= 4 is 16.6 Å². The summed E-state index contributed by atoms with van der Waals surface area (Å²) in [4.78, 5) is 11.3. The van der Waals surface area contributed by atoms with E-state index in [9.17, 15) is 9.90 Å². The fraction of sp³-hybridized carbons (Fsp3) is 0.214. The summed E-state index contributed by atoms with van der Waals surface area (Å²) >= 11 is 0. The molecular weight excluding hydrogens is 200 g/mol. The Morgan fingerprint density at radius 3 is 2.31 bits per heavy atom. The molecule has 16 heavy (non-hydrogen) atoms. The molecule has 0 spiro atoms. The van der Waals surface area contributed by atoms with Crippen LogP contribution < -0.4 is 0 Å². The van der Waals surface area contributed by atoms with Gasteiger partial charge in [-0.2, -0.15) is 0 Å². The third-order valence-electron chi connectivity index (χ3n) is 2.26. The van der Waals surface area contributed by atoms with Crippen molar-refractivity contribution < 1.29 is 9.90 Å². The summed E-state index contributed by atoms with van der Waals surface area (Å²) in [5.41, 5.74) is 0.406. The minimum absolute atomic E-state index is 0.0520. The lowest BCUT2D eigenvalue weighted by Crippen LogP contribution is -1.94. The Bertz CT molecular complexity index is 501. The van der Waals surface area contributed by atoms with Crippen LogP contribution in [0.2, 0.25) is 0 Å². The molecule has 0 aliphatic carbocycles. The highest BCUT2D eigenvalue weighted by Gasteiger charge is 2.10. The van der Waals surface area contributed by atoms with E-state index in [1.807, 2.05) is 38.1 Å². The van der Waals surface area contributed by atoms with Crippen molar-refractivity contribution in [1.29, 1.82) is 0 Å². The van der Waals surface area contributed by atoms with Crippen LogP contribution in [0, 0.1) is 0 Å². The monoisotopic (exact) mass is 216 g/mol. The maximum atomic E-state index is 11.3. The molecule has 84 valence electrons. The molecule has 0 radical (unpaired) electrons. The molecule has 0 unspecified atom stereocenters. The van der Waals surface area contributed by atoms with Crippen LogP contribution in [0.3, 0.4) is 0 Å². The second-order valence-corrected chi connectivity index (χ2v) is 3.24. The van der Waals surface area contributed by atoms with E-state index >= 15 is 0 Å². The van der Waals surface area contributed by atoms with Crippen molar-refractivity contribution in [2.45, 2.75) is 20.8 Å². The molecule has 1 N–H and O–H groups in total. The van der Waals surface area contributed by atoms with Crippen molar-refractivity contribution in [2.75, 3.05) is 0 Å². The number of fused-ring (bicyclic) bond motifs is 1. The van der Waals surface area contributed by atoms with Crippen LogP contribution in [0.5, 0.6) is 5.75 Å². The number of carbonyl (C=O) groups is 1. The Balaban J connectivity index is 0.000000606. The predicted octanol–water partition coefficient (Wildman–Crippen LogP) is 3.77. The normalized spacial score (nSPS) is 9.44. The van der Waals surface area contributed by atoms with Gasteiger partial charge < -0.3 is 5.11 Å². The van der Waals surface area contributed by atoms with E-state index in [1.165, 1.54) is 6.92 Å². The first-order chi connectivity index (χ1) is 7.70. The summed E-state index contributed by atoms with van der Waals surface area (Å²) in [6, 6.07) is 10.9. The van der Waals surface area contributed by atoms with Gasteiger partial charge in [0.15, 0.2) is 5.78 Å². The molecule has 0 saturated carbocycles. The Hall–Kier alpha value is -1.83. The number of benzene rings is 2. The summed E-state index contributed by atoms with van der Waals surface area (Å²) in [6.45, 7) is 5.46. The van der Waals surface area contributed by atoms with Gasteiger partial charge in [0.2, 0.25) is 0 Å². The van der Waals surface area contributed by atoms with Gasteiger partial charge in [0.1, 0.15) is 5.75 Å². The van der Waals surface area contributed by atoms with Crippen LogP contribution >= 0.6 is 0 Å². The quantitative estimate of drug-likeness (QED) is 0.737. The largest absolute Gasteiger partial charge is 0.507 e. The molecule has 0 aliphatic heterocycles. The van der Waals surface area contributed by atoms with Gasteiger partial charge in [-0.1, -0.05) is 44.2 Å². The van der Waals surface area contributed by atoms with Crippen molar-refractivity contribution in [3.63, 3.8) is 0 Å². The summed E-state index contributed by atoms with van der Waals surface area (Å²) in [5, 5.41) is 11.3. The van der Waals surface area contributed by atoms with E-state index in [0.717, 1.165) is 10.8 Å². The second kappa shape index (κ2) is 5.31. The van der Waals surface area contributed by atoms with Crippen molar-refractivity contribution in [3.05, 3.63) is 42.0 Å². The fourth-order valence-electron chi connectivity index (χ4n) is 1.63. The molecule has 2 nitrogen and oxygen atoms in total. The first kappa shape index (κ1) is 12.2. The third kappa shape index (κ3) is 2.22. The molecule has 0 heterocycles. The molecule has 2 heteroatoms. The van der Waals surface area contributed by atoms with Crippen LogP contribution in [0.1, 0.15) is 31.1 Å². The van der Waals surface area contributed by atoms with Crippen LogP contribution in [-0.2, 0) is 0 Å². The lowest BCUT2D eigenvalue weighted by Gasteiger charge is -2.05. The van der Waals surface area contributed by atoms with Crippen molar-refractivity contribution in [3.8, 4) is 5.75 Å². The fourth-order valence-corrected chi connectivity index (χ4v) is 1.63. The number of hydrogen-bond acceptors (Lipinski definition) is 2. The van der Waals surface area contributed by atoms with E-state index in [2.05, 4.69) is 0 Å². The first-order valence-electron chi connectivity index (χ1n) is 5.42. The second-order valence-electron chi connectivity index (χ2n) is 3.24. The molecule has 0 bridgehead atoms. The molecular formula is C14H16O2. The van der Waals surface area contributed by atoms with E-state index in [-0.39, 0.29) is 11.5 Å². The number of ketones is 1. The van der Waals surface area contributed by atoms with E-state index in [4.69, 9.17) is 0 Å². The van der Waals surface area contributed by atoms with E-state index in [1.54, 1.807) is 12.1 Å². The summed E-state index contributed by atoms with van der Waals surface area (Å²) in [6.07, 6.45) is 0. The number of rotatable bonds is 1. The average Bonchev–Trinajstić information content (AvgIpc) is 2.31. The molecule has 2 aromatic rings. The zero-order chi connectivity index (χ0) is 12.1. The molecule has 0 amide bonds. The Morgan fingerprint density at radius 1 is 1.06 bits per heavy atom. The van der Waals surface area contributed by atoms with Gasteiger partial charge in [0, 0.05) is 0 Å². The van der Waals surface area contributed by atoms with Gasteiger partial charge in [0.05, 0.1) is 5.56 Å². The topological polar surface area (TPSA) is 37.3 Å². The number of Topliss-reactive ketones (excluding diaryl/α,β-unsaturated/α-hetero) is 1. The highest BCUT2D eigenvalue weighted by atomic mass is 16.3. The SMILES string of the molecule is CC.CC(=O)c1c(O)ccc2ccccc12. The van der Waals surface area contributed by atoms with E-state index < -0.39 is 0 Å². The summed E-state index contributed by atoms with van der Waals surface area (Å²) < 4.78 is 0. The predicted molar refractivity (Wildman–Crippen MR) is 67.0 cm³/mol. The third-order valence-corrected chi connectivity index (χ3v) is 2.26. The van der Waals surface area contributed by atoms with Crippen molar-refractivity contribution in [1.82, 2.24) is 0 Å². The van der Waals surface area contributed by atoms with Crippen LogP contribution in [0.25, 0.3) is 10.8 Å². The smallest absolute Gasteiger partial charge is 0.164 e. The van der Waals surface area contributed by atoms with Crippen molar-refractivity contribution in [2.24, 2.45) is 0 Å². The lowest BCUT2D eigenvalue weighted by molar-refractivity contribution is 0.101. The maximum Gasteiger partial charge on any atom is 0.164 e. The molecule has 0 aromatic heterocycles. The maximum absolute atomic E-state index is 11.3. The standard InChI is InChI=1S/C12H10O2.C2H6/c1-8(13)12-10-5-3-2-4-9(10)6-7-11(12)14;1-2/h2-7,14H,1H3;1-2H3. The highest BCUT2D eigenvalue weighted by molar-refractivity contribution is 6.09. The molecule has 0 saturated heterocycles. The molecule has 0 aliphatic rings. The van der Waals surface area contributed by atoms with Gasteiger partial charge in [-0.15, -0.1) is 0 Å². The molecule has 0 atom stereocenters. The summed E-state index contributed by atoms with van der Waals surface area (Å²) in [7, 11) is 0. The zero-order valence-corrected chi connectivity index (χ0v) is 9.82. The Morgan fingerprint density at radius 2 is 1.69 bits per heavy atom. The van der Waals surface area contributed by atoms with Gasteiger partial charge in [-0.05, 0) is 23.8 Å². The number of phenolic OH excluding ortho intramolecular Hbond substituents is 1. The van der Waals surface area contributed by atoms with Crippen LogP contribution in [-0.4, -0.2) is 10.9 Å². The van der Waals surface area contributed by atoms with Gasteiger partial charge >= 0.3 is 0 Å². The number of aromatic hydroxyl groups is 1. The zero-order valence-electron chi connectivity index (χ0n) is 9.82. The highest BCUT2D eigenvalue weighted by Crippen LogP contribution is 2.27. The van der Waals surface area contributed by atoms with Gasteiger partial charge in [0.25, 0.3) is 0 Å². The lowest BCUT2D eigenvalue weighted by atomic mass is 10.0. The van der Waals surface area contributed by atoms with Crippen LogP contribution in [0.15, 0.2) is 36.4 Å². The minimum Gasteiger partial charge on any atom is -0.507 e. The average molecular weight is 216 g/mol. The number of phenols is 1. The van der Waals surface area contributed by atoms with E-state index in [0.29, 0.717) is 5.56 Å².